The van der Waals surface area contributed by atoms with Crippen LogP contribution in [-0.4, -0.2) is 29.9 Å². The van der Waals surface area contributed by atoms with E-state index in [4.69, 9.17) is 17.3 Å². The molecule has 0 saturated carbocycles. The van der Waals surface area contributed by atoms with Crippen molar-refractivity contribution in [3.63, 3.8) is 0 Å². The monoisotopic (exact) mass is 230 g/mol. The molecule has 76 valence electrons. The zero-order valence-corrected chi connectivity index (χ0v) is 9.14. The van der Waals surface area contributed by atoms with Gasteiger partial charge in [-0.05, 0) is 18.6 Å². The van der Waals surface area contributed by atoms with Gasteiger partial charge < -0.3 is 10.6 Å². The number of amides is 1. The van der Waals surface area contributed by atoms with E-state index >= 15 is 0 Å². The Hall–Kier alpha value is -0.580. The maximum atomic E-state index is 11.8. The van der Waals surface area contributed by atoms with E-state index in [2.05, 4.69) is 0 Å². The van der Waals surface area contributed by atoms with Crippen LogP contribution in [0.4, 0.5) is 0 Å². The summed E-state index contributed by atoms with van der Waals surface area (Å²) in [5.74, 6) is 0.0508. The predicted octanol–water partition coefficient (Wildman–Crippen LogP) is 1.57. The van der Waals surface area contributed by atoms with Crippen molar-refractivity contribution in [3.05, 3.63) is 21.3 Å². The van der Waals surface area contributed by atoms with Crippen LogP contribution in [0.15, 0.2) is 12.1 Å². The van der Waals surface area contributed by atoms with Crippen molar-refractivity contribution in [1.82, 2.24) is 4.90 Å². The van der Waals surface area contributed by atoms with E-state index in [1.165, 1.54) is 11.3 Å². The van der Waals surface area contributed by atoms with Crippen molar-refractivity contribution >= 4 is 28.8 Å². The minimum absolute atomic E-state index is 0.0508. The van der Waals surface area contributed by atoms with E-state index in [1.807, 2.05) is 0 Å². The van der Waals surface area contributed by atoms with E-state index in [0.717, 1.165) is 13.0 Å². The molecule has 0 bridgehead atoms. The van der Waals surface area contributed by atoms with Crippen LogP contribution in [0.1, 0.15) is 16.1 Å². The first-order valence-corrected chi connectivity index (χ1v) is 5.66. The molecule has 1 fully saturated rings. The summed E-state index contributed by atoms with van der Waals surface area (Å²) >= 11 is 7.08. The van der Waals surface area contributed by atoms with Crippen molar-refractivity contribution in [2.24, 2.45) is 5.73 Å². The van der Waals surface area contributed by atoms with Gasteiger partial charge in [0.25, 0.3) is 5.91 Å². The fraction of sp³-hybridized carbons (Fsp3) is 0.444. The Balaban J connectivity index is 2.09. The van der Waals surface area contributed by atoms with Crippen molar-refractivity contribution < 1.29 is 4.79 Å². The second-order valence-corrected chi connectivity index (χ2v) is 5.12. The van der Waals surface area contributed by atoms with Crippen LogP contribution in [0.5, 0.6) is 0 Å². The molecule has 14 heavy (non-hydrogen) atoms. The molecule has 0 unspecified atom stereocenters. The number of carbonyl (C=O) groups is 1. The van der Waals surface area contributed by atoms with Gasteiger partial charge in [0.1, 0.15) is 0 Å². The largest absolute Gasteiger partial charge is 0.336 e. The maximum Gasteiger partial charge on any atom is 0.264 e. The molecule has 2 rings (SSSR count). The molecule has 0 aromatic carbocycles. The Labute approximate surface area is 91.5 Å². The standard InChI is InChI=1S/C9H11ClN2OS/c10-8-2-1-7(14-8)9(13)12-4-3-6(11)5-12/h1-2,6H,3-5,11H2/t6-/m1/s1. The quantitative estimate of drug-likeness (QED) is 0.796. The van der Waals surface area contributed by atoms with Gasteiger partial charge in [-0.1, -0.05) is 11.6 Å². The van der Waals surface area contributed by atoms with Crippen LogP contribution in [0.25, 0.3) is 0 Å². The summed E-state index contributed by atoms with van der Waals surface area (Å²) in [6, 6.07) is 3.64. The molecule has 1 amide bonds. The van der Waals surface area contributed by atoms with Crippen molar-refractivity contribution in [2.75, 3.05) is 13.1 Å². The second kappa shape index (κ2) is 3.88. The molecular weight excluding hydrogens is 220 g/mol. The van der Waals surface area contributed by atoms with Gasteiger partial charge in [0.2, 0.25) is 0 Å². The molecule has 1 aromatic heterocycles. The number of halogens is 1. The maximum absolute atomic E-state index is 11.8. The van der Waals surface area contributed by atoms with Crippen LogP contribution in [0, 0.1) is 0 Å². The Morgan fingerprint density at radius 2 is 2.43 bits per heavy atom. The summed E-state index contributed by atoms with van der Waals surface area (Å²) in [6.45, 7) is 1.42. The first-order chi connectivity index (χ1) is 6.66. The number of thiophene rings is 1. The van der Waals surface area contributed by atoms with Gasteiger partial charge in [-0.15, -0.1) is 11.3 Å². The molecule has 1 atom stereocenters. The second-order valence-electron chi connectivity index (χ2n) is 3.40. The Bertz CT molecular complexity index is 352. The van der Waals surface area contributed by atoms with Gasteiger partial charge in [0.05, 0.1) is 9.21 Å². The van der Waals surface area contributed by atoms with Crippen LogP contribution >= 0.6 is 22.9 Å². The smallest absolute Gasteiger partial charge is 0.264 e. The first-order valence-electron chi connectivity index (χ1n) is 4.47. The van der Waals surface area contributed by atoms with Crippen LogP contribution < -0.4 is 5.73 Å². The van der Waals surface area contributed by atoms with Gasteiger partial charge in [-0.25, -0.2) is 0 Å². The van der Waals surface area contributed by atoms with E-state index in [9.17, 15) is 4.79 Å². The van der Waals surface area contributed by atoms with Gasteiger partial charge >= 0.3 is 0 Å². The molecule has 1 aliphatic heterocycles. The molecule has 1 aromatic rings. The molecule has 2 N–H and O–H groups in total. The van der Waals surface area contributed by atoms with Crippen LogP contribution in [0.2, 0.25) is 4.34 Å². The van der Waals surface area contributed by atoms with Gasteiger partial charge in [-0.3, -0.25) is 4.79 Å². The van der Waals surface area contributed by atoms with E-state index in [1.54, 1.807) is 17.0 Å². The third-order valence-corrected chi connectivity index (χ3v) is 3.52. The summed E-state index contributed by atoms with van der Waals surface area (Å²) in [5.41, 5.74) is 5.73. The zero-order valence-electron chi connectivity index (χ0n) is 7.57. The lowest BCUT2D eigenvalue weighted by Gasteiger charge is -2.13. The summed E-state index contributed by atoms with van der Waals surface area (Å²) in [4.78, 5) is 14.3. The predicted molar refractivity (Wildman–Crippen MR) is 57.8 cm³/mol. The summed E-state index contributed by atoms with van der Waals surface area (Å²) < 4.78 is 0.650. The highest BCUT2D eigenvalue weighted by molar-refractivity contribution is 7.17. The number of hydrogen-bond acceptors (Lipinski definition) is 3. The highest BCUT2D eigenvalue weighted by Gasteiger charge is 2.25. The van der Waals surface area contributed by atoms with Crippen molar-refractivity contribution in [2.45, 2.75) is 12.5 Å². The molecule has 0 radical (unpaired) electrons. The Morgan fingerprint density at radius 1 is 1.64 bits per heavy atom. The molecular formula is C9H11ClN2OS. The zero-order chi connectivity index (χ0) is 10.1. The number of hydrogen-bond donors (Lipinski definition) is 1. The number of nitrogens with two attached hydrogens (primary N) is 1. The minimum Gasteiger partial charge on any atom is -0.336 e. The lowest BCUT2D eigenvalue weighted by atomic mass is 10.3. The molecule has 5 heteroatoms. The van der Waals surface area contributed by atoms with Crippen LogP contribution in [-0.2, 0) is 0 Å². The number of likely N-dealkylation sites (tertiary alicyclic amines) is 1. The highest BCUT2D eigenvalue weighted by Crippen LogP contribution is 2.23. The SMILES string of the molecule is N[C@@H]1CCN(C(=O)c2ccc(Cl)s2)C1. The Morgan fingerprint density at radius 3 is 2.93 bits per heavy atom. The fourth-order valence-corrected chi connectivity index (χ4v) is 2.57. The van der Waals surface area contributed by atoms with E-state index < -0.39 is 0 Å². The summed E-state index contributed by atoms with van der Waals surface area (Å²) in [5, 5.41) is 0. The van der Waals surface area contributed by atoms with Gasteiger partial charge in [0, 0.05) is 19.1 Å². The topological polar surface area (TPSA) is 46.3 Å². The van der Waals surface area contributed by atoms with Gasteiger partial charge in [-0.2, -0.15) is 0 Å². The molecule has 2 heterocycles. The van der Waals surface area contributed by atoms with E-state index in [-0.39, 0.29) is 11.9 Å². The summed E-state index contributed by atoms with van der Waals surface area (Å²) in [6.07, 6.45) is 0.894. The molecule has 1 aliphatic rings. The molecule has 3 nitrogen and oxygen atoms in total. The number of rotatable bonds is 1. The fourth-order valence-electron chi connectivity index (χ4n) is 1.56. The average Bonchev–Trinajstić information content (AvgIpc) is 2.73. The Kier molecular flexibility index (Phi) is 2.76. The summed E-state index contributed by atoms with van der Waals surface area (Å²) in [7, 11) is 0. The lowest BCUT2D eigenvalue weighted by molar-refractivity contribution is 0.0795. The third kappa shape index (κ3) is 1.92. The lowest BCUT2D eigenvalue weighted by Crippen LogP contribution is -2.31. The first kappa shape index (κ1) is 9.96. The molecule has 1 saturated heterocycles. The minimum atomic E-state index is 0.0508. The normalized spacial score (nSPS) is 21.6. The number of carbonyl (C=O) groups excluding carboxylic acids is 1. The third-order valence-electron chi connectivity index (χ3n) is 2.30. The van der Waals surface area contributed by atoms with E-state index in [0.29, 0.717) is 15.8 Å². The number of nitrogens with zero attached hydrogens (tertiary/aromatic N) is 1. The van der Waals surface area contributed by atoms with Crippen LogP contribution in [0.3, 0.4) is 0 Å². The van der Waals surface area contributed by atoms with Crippen molar-refractivity contribution in [1.29, 1.82) is 0 Å². The highest BCUT2D eigenvalue weighted by atomic mass is 35.5. The van der Waals surface area contributed by atoms with Crippen molar-refractivity contribution in [3.8, 4) is 0 Å². The average molecular weight is 231 g/mol. The molecule has 0 spiro atoms. The van der Waals surface area contributed by atoms with Gasteiger partial charge in [0.15, 0.2) is 0 Å². The molecule has 0 aliphatic carbocycles.